The summed E-state index contributed by atoms with van der Waals surface area (Å²) >= 11 is 8.03. The molecule has 0 bridgehead atoms. The third-order valence-electron chi connectivity index (χ3n) is 4.69. The van der Waals surface area contributed by atoms with Crippen molar-refractivity contribution in [1.82, 2.24) is 9.55 Å². The largest absolute Gasteiger partial charge is 0.327 e. The van der Waals surface area contributed by atoms with Gasteiger partial charge >= 0.3 is 0 Å². The zero-order valence-corrected chi connectivity index (χ0v) is 14.4. The molecular formula is C17H23ClN2S. The van der Waals surface area contributed by atoms with Gasteiger partial charge in [0.05, 0.1) is 11.0 Å². The van der Waals surface area contributed by atoms with E-state index in [1.165, 1.54) is 36.8 Å². The number of halogens is 1. The molecule has 2 aromatic rings. The molecule has 0 saturated heterocycles. The number of fused-ring (bicyclic) bond motifs is 1. The number of aryl methyl sites for hydroxylation is 2. The van der Waals surface area contributed by atoms with Crippen LogP contribution in [0.25, 0.3) is 11.0 Å². The zero-order chi connectivity index (χ0) is 14.9. The van der Waals surface area contributed by atoms with Crippen LogP contribution in [0, 0.1) is 6.92 Å². The Labute approximate surface area is 136 Å². The van der Waals surface area contributed by atoms with Crippen LogP contribution in [-0.4, -0.2) is 26.4 Å². The van der Waals surface area contributed by atoms with Crippen molar-refractivity contribution in [2.24, 2.45) is 0 Å². The van der Waals surface area contributed by atoms with Crippen molar-refractivity contribution in [1.29, 1.82) is 0 Å². The molecule has 0 aliphatic heterocycles. The van der Waals surface area contributed by atoms with Gasteiger partial charge in [-0.05, 0) is 43.7 Å². The van der Waals surface area contributed by atoms with Gasteiger partial charge in [-0.15, -0.1) is 11.6 Å². The molecule has 1 aromatic carbocycles. The second kappa shape index (κ2) is 6.21. The van der Waals surface area contributed by atoms with Crippen LogP contribution in [0.15, 0.2) is 18.2 Å². The summed E-state index contributed by atoms with van der Waals surface area (Å²) in [4.78, 5) is 4.82. The molecule has 1 aliphatic rings. The van der Waals surface area contributed by atoms with Crippen molar-refractivity contribution >= 4 is 34.4 Å². The lowest BCUT2D eigenvalue weighted by Crippen LogP contribution is -2.27. The van der Waals surface area contributed by atoms with Gasteiger partial charge in [-0.2, -0.15) is 11.8 Å². The SMILES string of the molecule is CSC1(Cn2c(CCCl)nc3ccc(C)cc32)CCCC1. The molecule has 0 radical (unpaired) electrons. The molecule has 1 saturated carbocycles. The minimum absolute atomic E-state index is 0.387. The van der Waals surface area contributed by atoms with Gasteiger partial charge in [-0.25, -0.2) is 4.98 Å². The first kappa shape index (κ1) is 15.2. The minimum atomic E-state index is 0.387. The number of nitrogens with zero attached hydrogens (tertiary/aromatic N) is 2. The van der Waals surface area contributed by atoms with Crippen molar-refractivity contribution in [3.05, 3.63) is 29.6 Å². The Hall–Kier alpha value is -0.670. The molecule has 0 N–H and O–H groups in total. The summed E-state index contributed by atoms with van der Waals surface area (Å²) in [7, 11) is 0. The number of hydrogen-bond acceptors (Lipinski definition) is 2. The van der Waals surface area contributed by atoms with E-state index in [9.17, 15) is 0 Å². The summed E-state index contributed by atoms with van der Waals surface area (Å²) in [6, 6.07) is 6.55. The standard InChI is InChI=1S/C17H23ClN2S/c1-13-5-6-14-15(11-13)20(16(19-14)7-10-18)12-17(21-2)8-3-4-9-17/h5-6,11H,3-4,7-10,12H2,1-2H3. The fraction of sp³-hybridized carbons (Fsp3) is 0.588. The van der Waals surface area contributed by atoms with E-state index in [0.29, 0.717) is 10.6 Å². The maximum Gasteiger partial charge on any atom is 0.111 e. The van der Waals surface area contributed by atoms with E-state index in [2.05, 4.69) is 35.9 Å². The number of imidazole rings is 1. The predicted octanol–water partition coefficient (Wildman–Crippen LogP) is 4.80. The van der Waals surface area contributed by atoms with Gasteiger partial charge in [0.2, 0.25) is 0 Å². The van der Waals surface area contributed by atoms with Crippen LogP contribution in [0.5, 0.6) is 0 Å². The van der Waals surface area contributed by atoms with Crippen LogP contribution >= 0.6 is 23.4 Å². The topological polar surface area (TPSA) is 17.8 Å². The maximum atomic E-state index is 5.99. The molecule has 1 aliphatic carbocycles. The first-order valence-corrected chi connectivity index (χ1v) is 9.50. The number of alkyl halides is 1. The van der Waals surface area contributed by atoms with Gasteiger partial charge in [0.1, 0.15) is 5.82 Å². The molecule has 0 amide bonds. The van der Waals surface area contributed by atoms with Gasteiger partial charge in [-0.1, -0.05) is 18.9 Å². The second-order valence-electron chi connectivity index (χ2n) is 6.14. The fourth-order valence-electron chi connectivity index (χ4n) is 3.47. The molecule has 1 aromatic heterocycles. The summed E-state index contributed by atoms with van der Waals surface area (Å²) in [5.41, 5.74) is 3.68. The molecule has 4 heteroatoms. The Bertz CT molecular complexity index is 629. The molecule has 114 valence electrons. The van der Waals surface area contributed by atoms with Crippen molar-refractivity contribution in [3.8, 4) is 0 Å². The third-order valence-corrected chi connectivity index (χ3v) is 6.29. The number of benzene rings is 1. The lowest BCUT2D eigenvalue weighted by molar-refractivity contribution is 0.502. The first-order chi connectivity index (χ1) is 10.2. The normalized spacial score (nSPS) is 17.7. The highest BCUT2D eigenvalue weighted by molar-refractivity contribution is 8.00. The molecule has 0 unspecified atom stereocenters. The summed E-state index contributed by atoms with van der Waals surface area (Å²) in [6.45, 7) is 3.22. The highest BCUT2D eigenvalue weighted by atomic mass is 35.5. The van der Waals surface area contributed by atoms with Gasteiger partial charge in [-0.3, -0.25) is 0 Å². The van der Waals surface area contributed by atoms with E-state index in [1.807, 2.05) is 11.8 Å². The van der Waals surface area contributed by atoms with Crippen LogP contribution in [0.4, 0.5) is 0 Å². The maximum absolute atomic E-state index is 5.99. The molecule has 0 spiro atoms. The van der Waals surface area contributed by atoms with E-state index in [4.69, 9.17) is 16.6 Å². The Morgan fingerprint density at radius 1 is 1.33 bits per heavy atom. The van der Waals surface area contributed by atoms with Gasteiger partial charge in [0, 0.05) is 23.6 Å². The molecular weight excluding hydrogens is 300 g/mol. The third kappa shape index (κ3) is 2.95. The Kier molecular flexibility index (Phi) is 4.51. The smallest absolute Gasteiger partial charge is 0.111 e. The van der Waals surface area contributed by atoms with Crippen LogP contribution in [0.1, 0.15) is 37.1 Å². The Morgan fingerprint density at radius 3 is 2.76 bits per heavy atom. The van der Waals surface area contributed by atoms with Gasteiger partial charge in [0.15, 0.2) is 0 Å². The highest BCUT2D eigenvalue weighted by Crippen LogP contribution is 2.42. The van der Waals surface area contributed by atoms with Gasteiger partial charge in [0.25, 0.3) is 0 Å². The average molecular weight is 323 g/mol. The van der Waals surface area contributed by atoms with Crippen molar-refractivity contribution in [2.45, 2.75) is 50.3 Å². The number of hydrogen-bond donors (Lipinski definition) is 0. The predicted molar refractivity (Wildman–Crippen MR) is 93.6 cm³/mol. The Morgan fingerprint density at radius 2 is 2.10 bits per heavy atom. The molecule has 21 heavy (non-hydrogen) atoms. The lowest BCUT2D eigenvalue weighted by atomic mass is 10.1. The molecule has 2 nitrogen and oxygen atoms in total. The minimum Gasteiger partial charge on any atom is -0.327 e. The van der Waals surface area contributed by atoms with Crippen LogP contribution in [-0.2, 0) is 13.0 Å². The fourth-order valence-corrected chi connectivity index (χ4v) is 4.59. The van der Waals surface area contributed by atoms with Crippen LogP contribution < -0.4 is 0 Å². The van der Waals surface area contributed by atoms with Crippen molar-refractivity contribution in [3.63, 3.8) is 0 Å². The van der Waals surface area contributed by atoms with E-state index < -0.39 is 0 Å². The van der Waals surface area contributed by atoms with E-state index in [0.717, 1.165) is 24.3 Å². The average Bonchev–Trinajstić information content (AvgIpc) is 3.07. The summed E-state index contributed by atoms with van der Waals surface area (Å²) < 4.78 is 2.82. The molecule has 3 rings (SSSR count). The first-order valence-electron chi connectivity index (χ1n) is 7.74. The summed E-state index contributed by atoms with van der Waals surface area (Å²) in [6.07, 6.45) is 8.46. The van der Waals surface area contributed by atoms with Crippen LogP contribution in [0.3, 0.4) is 0 Å². The summed E-state index contributed by atoms with van der Waals surface area (Å²) in [5.74, 6) is 1.78. The second-order valence-corrected chi connectivity index (χ2v) is 7.79. The number of thioether (sulfide) groups is 1. The monoisotopic (exact) mass is 322 g/mol. The van der Waals surface area contributed by atoms with Crippen molar-refractivity contribution < 1.29 is 0 Å². The van der Waals surface area contributed by atoms with Crippen LogP contribution in [0.2, 0.25) is 0 Å². The van der Waals surface area contributed by atoms with E-state index in [-0.39, 0.29) is 0 Å². The van der Waals surface area contributed by atoms with E-state index >= 15 is 0 Å². The number of rotatable bonds is 5. The summed E-state index contributed by atoms with van der Waals surface area (Å²) in [5, 5.41) is 0. The zero-order valence-electron chi connectivity index (χ0n) is 12.9. The number of aromatic nitrogens is 2. The molecule has 1 fully saturated rings. The van der Waals surface area contributed by atoms with E-state index in [1.54, 1.807) is 0 Å². The highest BCUT2D eigenvalue weighted by Gasteiger charge is 2.34. The lowest BCUT2D eigenvalue weighted by Gasteiger charge is -2.28. The van der Waals surface area contributed by atoms with Gasteiger partial charge < -0.3 is 4.57 Å². The Balaban J connectivity index is 2.05. The molecule has 1 heterocycles. The molecule has 0 atom stereocenters. The van der Waals surface area contributed by atoms with Crippen molar-refractivity contribution in [2.75, 3.05) is 12.1 Å². The quantitative estimate of drug-likeness (QED) is 0.736.